The summed E-state index contributed by atoms with van der Waals surface area (Å²) in [6.07, 6.45) is 0.160. The number of carbonyl (C=O) groups is 3. The molecule has 0 aliphatic carbocycles. The largest absolute Gasteiger partial charge is 0.508 e. The first-order valence-electron chi connectivity index (χ1n) is 15.1. The van der Waals surface area contributed by atoms with E-state index in [4.69, 9.17) is 4.74 Å². The van der Waals surface area contributed by atoms with E-state index in [1.54, 1.807) is 35.8 Å². The van der Waals surface area contributed by atoms with Crippen molar-refractivity contribution >= 4 is 29.1 Å². The Kier molecular flexibility index (Phi) is 9.12. The summed E-state index contributed by atoms with van der Waals surface area (Å²) in [6.45, 7) is 11.8. The van der Waals surface area contributed by atoms with Crippen molar-refractivity contribution < 1.29 is 24.2 Å². The predicted octanol–water partition coefficient (Wildman–Crippen LogP) is 4.78. The van der Waals surface area contributed by atoms with E-state index in [9.17, 15) is 24.8 Å². The molecule has 5 rings (SSSR count). The molecule has 0 saturated carbocycles. The van der Waals surface area contributed by atoms with Gasteiger partial charge in [-0.3, -0.25) is 19.3 Å². The molecule has 11 heteroatoms. The van der Waals surface area contributed by atoms with E-state index in [1.807, 2.05) is 47.6 Å². The number of imide groups is 1. The van der Waals surface area contributed by atoms with Crippen LogP contribution >= 0.6 is 11.3 Å². The third-order valence-electron chi connectivity index (χ3n) is 8.17. The Morgan fingerprint density at radius 1 is 1.27 bits per heavy atom. The van der Waals surface area contributed by atoms with Crippen LogP contribution in [0.3, 0.4) is 0 Å². The summed E-state index contributed by atoms with van der Waals surface area (Å²) in [7, 11) is 0. The van der Waals surface area contributed by atoms with Crippen LogP contribution in [-0.4, -0.2) is 67.9 Å². The molecule has 3 amide bonds. The molecule has 2 aromatic carbocycles. The van der Waals surface area contributed by atoms with E-state index < -0.39 is 35.4 Å². The zero-order chi connectivity index (χ0) is 32.6. The SMILES string of the molecule is Cc1ncsc1-c1ccc(CN(C(=O)[C@@H]2C[C@@H](OC(C)(C)C)CN2)C(=O)[C@H](C(C)C)N2Cc3cccc(C#N)c3C2=O)c(O)c1. The Morgan fingerprint density at radius 2 is 2.02 bits per heavy atom. The zero-order valence-electron chi connectivity index (χ0n) is 26.5. The van der Waals surface area contributed by atoms with Gasteiger partial charge in [-0.05, 0) is 63.3 Å². The Labute approximate surface area is 267 Å². The van der Waals surface area contributed by atoms with Gasteiger partial charge in [-0.25, -0.2) is 4.98 Å². The van der Waals surface area contributed by atoms with Crippen LogP contribution in [-0.2, 0) is 27.4 Å². The van der Waals surface area contributed by atoms with Crippen LogP contribution in [0.4, 0.5) is 0 Å². The van der Waals surface area contributed by atoms with Crippen LogP contribution in [0.5, 0.6) is 5.75 Å². The highest BCUT2D eigenvalue weighted by atomic mass is 32.1. The van der Waals surface area contributed by atoms with Crippen molar-refractivity contribution in [1.82, 2.24) is 20.1 Å². The van der Waals surface area contributed by atoms with E-state index in [-0.39, 0.29) is 36.4 Å². The highest BCUT2D eigenvalue weighted by Gasteiger charge is 2.44. The maximum Gasteiger partial charge on any atom is 0.256 e. The highest BCUT2D eigenvalue weighted by Crippen LogP contribution is 2.34. The number of hydrogen-bond acceptors (Lipinski definition) is 9. The lowest BCUT2D eigenvalue weighted by Crippen LogP contribution is -2.55. The van der Waals surface area contributed by atoms with Gasteiger partial charge in [0, 0.05) is 18.7 Å². The molecule has 0 spiro atoms. The lowest BCUT2D eigenvalue weighted by Gasteiger charge is -2.35. The van der Waals surface area contributed by atoms with Crippen molar-refractivity contribution in [3.8, 4) is 22.3 Å². The Morgan fingerprint density at radius 3 is 2.64 bits per heavy atom. The summed E-state index contributed by atoms with van der Waals surface area (Å²) in [5, 5.41) is 24.0. The molecule has 1 aromatic heterocycles. The molecule has 3 atom stereocenters. The maximum absolute atomic E-state index is 14.5. The number of nitrogens with zero attached hydrogens (tertiary/aromatic N) is 4. The van der Waals surface area contributed by atoms with Crippen LogP contribution in [0.1, 0.15) is 73.8 Å². The van der Waals surface area contributed by atoms with Gasteiger partial charge in [-0.2, -0.15) is 5.26 Å². The van der Waals surface area contributed by atoms with E-state index in [0.717, 1.165) is 21.0 Å². The standard InChI is InChI=1S/C34H39N5O5S/c1-19(2)29(38-17-24-9-7-8-22(14-35)28(24)32(38)42)33(43)39(31(41)26-13-25(15-36-26)44-34(4,5)6)16-23-11-10-21(12-27(23)40)30-20(3)37-18-45-30/h7-12,18-19,25-26,29,36,40H,13,15-17H2,1-6H3/t25-,26+,29+/m1/s1. The van der Waals surface area contributed by atoms with Gasteiger partial charge >= 0.3 is 0 Å². The van der Waals surface area contributed by atoms with Crippen molar-refractivity contribution in [2.75, 3.05) is 6.54 Å². The number of rotatable bonds is 8. The minimum absolute atomic E-state index is 0.0522. The van der Waals surface area contributed by atoms with Crippen molar-refractivity contribution in [2.45, 2.75) is 84.8 Å². The smallest absolute Gasteiger partial charge is 0.256 e. The number of hydrogen-bond donors (Lipinski definition) is 2. The molecule has 2 aliphatic heterocycles. The average molecular weight is 630 g/mol. The van der Waals surface area contributed by atoms with Crippen LogP contribution < -0.4 is 5.32 Å². The molecule has 45 heavy (non-hydrogen) atoms. The van der Waals surface area contributed by atoms with E-state index in [0.29, 0.717) is 29.7 Å². The van der Waals surface area contributed by atoms with Gasteiger partial charge in [-0.15, -0.1) is 11.3 Å². The van der Waals surface area contributed by atoms with Gasteiger partial charge in [0.15, 0.2) is 0 Å². The number of nitrogens with one attached hydrogen (secondary N) is 1. The van der Waals surface area contributed by atoms with Crippen molar-refractivity contribution in [3.63, 3.8) is 0 Å². The van der Waals surface area contributed by atoms with Crippen LogP contribution in [0, 0.1) is 24.2 Å². The first-order valence-corrected chi connectivity index (χ1v) is 16.0. The molecule has 236 valence electrons. The molecule has 10 nitrogen and oxygen atoms in total. The second-order valence-electron chi connectivity index (χ2n) is 13.0. The van der Waals surface area contributed by atoms with Crippen LogP contribution in [0.2, 0.25) is 0 Å². The number of phenols is 1. The zero-order valence-corrected chi connectivity index (χ0v) is 27.3. The number of thiazole rings is 1. The summed E-state index contributed by atoms with van der Waals surface area (Å²) < 4.78 is 6.11. The van der Waals surface area contributed by atoms with E-state index in [2.05, 4.69) is 16.4 Å². The molecular formula is C34H39N5O5S. The number of aryl methyl sites for hydroxylation is 1. The number of ether oxygens (including phenoxy) is 1. The Balaban J connectivity index is 1.48. The van der Waals surface area contributed by atoms with Crippen molar-refractivity contribution in [1.29, 1.82) is 5.26 Å². The number of amides is 3. The quantitative estimate of drug-likeness (QED) is 0.364. The molecule has 0 radical (unpaired) electrons. The monoisotopic (exact) mass is 629 g/mol. The normalized spacial score (nSPS) is 18.6. The van der Waals surface area contributed by atoms with E-state index >= 15 is 0 Å². The second-order valence-corrected chi connectivity index (χ2v) is 13.8. The summed E-state index contributed by atoms with van der Waals surface area (Å²) in [5.41, 5.74) is 4.58. The molecular weight excluding hydrogens is 590 g/mol. The fourth-order valence-corrected chi connectivity index (χ4v) is 6.96. The van der Waals surface area contributed by atoms with E-state index in [1.165, 1.54) is 16.2 Å². The molecule has 2 N–H and O–H groups in total. The number of carbonyl (C=O) groups excluding carboxylic acids is 3. The van der Waals surface area contributed by atoms with Gasteiger partial charge in [0.2, 0.25) is 5.91 Å². The van der Waals surface area contributed by atoms with Gasteiger partial charge in [0.05, 0.1) is 57.6 Å². The third kappa shape index (κ3) is 6.64. The van der Waals surface area contributed by atoms with Gasteiger partial charge in [0.1, 0.15) is 11.8 Å². The number of benzene rings is 2. The first kappa shape index (κ1) is 32.3. The summed E-state index contributed by atoms with van der Waals surface area (Å²) in [5.74, 6) is -1.81. The number of nitriles is 1. The maximum atomic E-state index is 14.5. The second kappa shape index (κ2) is 12.7. The Hall–Kier alpha value is -4.11. The fourth-order valence-electron chi connectivity index (χ4n) is 6.16. The topological polar surface area (TPSA) is 136 Å². The Bertz CT molecular complexity index is 1670. The first-order chi connectivity index (χ1) is 21.3. The highest BCUT2D eigenvalue weighted by molar-refractivity contribution is 7.13. The summed E-state index contributed by atoms with van der Waals surface area (Å²) >= 11 is 1.46. The molecule has 0 bridgehead atoms. The lowest BCUT2D eigenvalue weighted by atomic mass is 9.99. The fraction of sp³-hybridized carbons (Fsp3) is 0.441. The van der Waals surface area contributed by atoms with Gasteiger partial charge in [-0.1, -0.05) is 38.1 Å². The van der Waals surface area contributed by atoms with Gasteiger partial charge in [0.25, 0.3) is 11.8 Å². The summed E-state index contributed by atoms with van der Waals surface area (Å²) in [6, 6.07) is 10.7. The molecule has 3 aromatic rings. The van der Waals surface area contributed by atoms with Gasteiger partial charge < -0.3 is 20.1 Å². The lowest BCUT2D eigenvalue weighted by molar-refractivity contribution is -0.151. The third-order valence-corrected chi connectivity index (χ3v) is 9.15. The minimum atomic E-state index is -0.982. The summed E-state index contributed by atoms with van der Waals surface area (Å²) in [4.78, 5) is 50.3. The number of fused-ring (bicyclic) bond motifs is 1. The molecule has 2 aliphatic rings. The van der Waals surface area contributed by atoms with Crippen molar-refractivity contribution in [3.05, 3.63) is 69.9 Å². The predicted molar refractivity (Wildman–Crippen MR) is 170 cm³/mol. The molecule has 1 saturated heterocycles. The number of aromatic nitrogens is 1. The van der Waals surface area contributed by atoms with Crippen LogP contribution in [0.25, 0.3) is 10.4 Å². The van der Waals surface area contributed by atoms with Crippen LogP contribution in [0.15, 0.2) is 41.9 Å². The average Bonchev–Trinajstić information content (AvgIpc) is 3.70. The molecule has 0 unspecified atom stereocenters. The molecule has 1 fully saturated rings. The minimum Gasteiger partial charge on any atom is -0.508 e. The van der Waals surface area contributed by atoms with Crippen molar-refractivity contribution in [2.24, 2.45) is 5.92 Å². The number of phenolic OH excluding ortho intramolecular Hbond substituents is 1. The molecule has 3 heterocycles. The number of aromatic hydroxyl groups is 1.